The summed E-state index contributed by atoms with van der Waals surface area (Å²) in [5.74, 6) is 0.746. The fourth-order valence-electron chi connectivity index (χ4n) is 2.53. The van der Waals surface area contributed by atoms with Gasteiger partial charge in [-0.3, -0.25) is 4.57 Å². The third kappa shape index (κ3) is 4.33. The molecule has 0 saturated carbocycles. The van der Waals surface area contributed by atoms with Crippen LogP contribution in [-0.4, -0.2) is 57.5 Å². The third-order valence-electron chi connectivity index (χ3n) is 3.84. The van der Waals surface area contributed by atoms with Gasteiger partial charge in [0, 0.05) is 39.1 Å². The highest BCUT2D eigenvalue weighted by molar-refractivity contribution is 5.67. The molecule has 1 aromatic rings. The summed E-state index contributed by atoms with van der Waals surface area (Å²) in [6.07, 6.45) is 2.22. The lowest BCUT2D eigenvalue weighted by molar-refractivity contribution is 0.0679. The van der Waals surface area contributed by atoms with Gasteiger partial charge in [-0.25, -0.2) is 14.7 Å². The summed E-state index contributed by atoms with van der Waals surface area (Å²) in [7, 11) is 1.71. The van der Waals surface area contributed by atoms with Gasteiger partial charge in [-0.15, -0.1) is 0 Å². The fraction of sp³-hybridized carbons (Fsp3) is 0.786. The minimum absolute atomic E-state index is 0.0798. The van der Waals surface area contributed by atoms with E-state index in [0.29, 0.717) is 25.6 Å². The molecule has 8 nitrogen and oxygen atoms in total. The van der Waals surface area contributed by atoms with Crippen LogP contribution in [0.5, 0.6) is 0 Å². The van der Waals surface area contributed by atoms with Crippen LogP contribution in [0.3, 0.4) is 0 Å². The second-order valence-corrected chi connectivity index (χ2v) is 5.90. The molecular formula is C14H25N5O3. The second-order valence-electron chi connectivity index (χ2n) is 5.90. The van der Waals surface area contributed by atoms with Crippen LogP contribution in [0.4, 0.5) is 4.79 Å². The Bertz CT molecular complexity index is 543. The van der Waals surface area contributed by atoms with Crippen LogP contribution in [0.2, 0.25) is 0 Å². The van der Waals surface area contributed by atoms with Crippen molar-refractivity contribution < 1.29 is 9.53 Å². The number of nitrogens with one attached hydrogen (secondary N) is 2. The third-order valence-corrected chi connectivity index (χ3v) is 3.84. The minimum Gasteiger partial charge on any atom is -0.447 e. The average Bonchev–Trinajstić information content (AvgIpc) is 2.79. The number of aromatic nitrogens is 3. The number of amides is 1. The predicted molar refractivity (Wildman–Crippen MR) is 81.7 cm³/mol. The monoisotopic (exact) mass is 311 g/mol. The first kappa shape index (κ1) is 16.5. The number of hydrogen-bond donors (Lipinski definition) is 2. The summed E-state index contributed by atoms with van der Waals surface area (Å²) in [6, 6.07) is 0.388. The molecule has 1 aliphatic heterocycles. The number of carbonyl (C=O) groups is 1. The number of likely N-dealkylation sites (tertiary alicyclic amines) is 1. The quantitative estimate of drug-likeness (QED) is 0.813. The van der Waals surface area contributed by atoms with Gasteiger partial charge < -0.3 is 15.0 Å². The van der Waals surface area contributed by atoms with Gasteiger partial charge in [0.1, 0.15) is 5.82 Å². The van der Waals surface area contributed by atoms with E-state index in [2.05, 4.69) is 15.5 Å². The van der Waals surface area contributed by atoms with Gasteiger partial charge in [-0.1, -0.05) is 0 Å². The standard InChI is InChI=1S/C14H25N5O3/c1-10(2)22-14(21)19-8-5-11(6-9-19)15-7-4-12-16-17-13(20)18(12)3/h10-11,15H,4-9H2,1-3H3,(H,17,20). The topological polar surface area (TPSA) is 92.2 Å². The molecule has 1 amide bonds. The lowest BCUT2D eigenvalue weighted by Gasteiger charge is -2.32. The van der Waals surface area contributed by atoms with Crippen LogP contribution in [0, 0.1) is 0 Å². The number of rotatable bonds is 5. The van der Waals surface area contributed by atoms with Crippen LogP contribution in [0.25, 0.3) is 0 Å². The van der Waals surface area contributed by atoms with Crippen LogP contribution in [0.1, 0.15) is 32.5 Å². The molecule has 1 saturated heterocycles. The van der Waals surface area contributed by atoms with E-state index < -0.39 is 0 Å². The first-order chi connectivity index (χ1) is 10.5. The van der Waals surface area contributed by atoms with Gasteiger partial charge in [0.05, 0.1) is 6.10 Å². The lowest BCUT2D eigenvalue weighted by atomic mass is 10.1. The zero-order chi connectivity index (χ0) is 16.1. The number of piperidine rings is 1. The van der Waals surface area contributed by atoms with Gasteiger partial charge in [0.15, 0.2) is 0 Å². The number of ether oxygens (including phenoxy) is 1. The molecular weight excluding hydrogens is 286 g/mol. The molecule has 0 bridgehead atoms. The highest BCUT2D eigenvalue weighted by atomic mass is 16.6. The Kier molecular flexibility index (Phi) is 5.59. The number of H-pyrrole nitrogens is 1. The van der Waals surface area contributed by atoms with Crippen molar-refractivity contribution in [2.24, 2.45) is 7.05 Å². The van der Waals surface area contributed by atoms with E-state index in [1.165, 1.54) is 4.57 Å². The molecule has 0 radical (unpaired) electrons. The molecule has 0 aromatic carbocycles. The van der Waals surface area contributed by atoms with Crippen molar-refractivity contribution in [3.63, 3.8) is 0 Å². The van der Waals surface area contributed by atoms with E-state index in [1.54, 1.807) is 11.9 Å². The number of carbonyl (C=O) groups excluding carboxylic acids is 1. The molecule has 0 unspecified atom stereocenters. The van der Waals surface area contributed by atoms with Crippen LogP contribution in [-0.2, 0) is 18.2 Å². The maximum absolute atomic E-state index is 11.8. The molecule has 0 atom stereocenters. The first-order valence-corrected chi connectivity index (χ1v) is 7.76. The normalized spacial score (nSPS) is 16.3. The molecule has 2 heterocycles. The molecule has 124 valence electrons. The zero-order valence-electron chi connectivity index (χ0n) is 13.5. The van der Waals surface area contributed by atoms with Gasteiger partial charge in [0.25, 0.3) is 0 Å². The molecule has 0 aliphatic carbocycles. The van der Waals surface area contributed by atoms with Gasteiger partial charge in [-0.05, 0) is 26.7 Å². The summed E-state index contributed by atoms with van der Waals surface area (Å²) in [6.45, 7) is 5.90. The number of nitrogens with zero attached hydrogens (tertiary/aromatic N) is 3. The average molecular weight is 311 g/mol. The van der Waals surface area contributed by atoms with Crippen molar-refractivity contribution in [3.8, 4) is 0 Å². The summed E-state index contributed by atoms with van der Waals surface area (Å²) in [5, 5.41) is 9.87. The summed E-state index contributed by atoms with van der Waals surface area (Å²) in [5.41, 5.74) is -0.188. The largest absolute Gasteiger partial charge is 0.447 e. The highest BCUT2D eigenvalue weighted by Gasteiger charge is 2.23. The van der Waals surface area contributed by atoms with E-state index in [1.807, 2.05) is 13.8 Å². The predicted octanol–water partition coefficient (Wildman–Crippen LogP) is 0.250. The van der Waals surface area contributed by atoms with Gasteiger partial charge in [0.2, 0.25) is 0 Å². The Morgan fingerprint density at radius 1 is 1.45 bits per heavy atom. The van der Waals surface area contributed by atoms with Gasteiger partial charge >= 0.3 is 11.8 Å². The molecule has 0 spiro atoms. The van der Waals surface area contributed by atoms with E-state index in [9.17, 15) is 9.59 Å². The van der Waals surface area contributed by atoms with E-state index in [0.717, 1.165) is 25.2 Å². The van der Waals surface area contributed by atoms with Crippen LogP contribution < -0.4 is 11.0 Å². The molecule has 8 heteroatoms. The fourth-order valence-corrected chi connectivity index (χ4v) is 2.53. The maximum Gasteiger partial charge on any atom is 0.410 e. The Labute approximate surface area is 129 Å². The summed E-state index contributed by atoms with van der Waals surface area (Å²) >= 11 is 0. The summed E-state index contributed by atoms with van der Waals surface area (Å²) in [4.78, 5) is 24.8. The van der Waals surface area contributed by atoms with Crippen molar-refractivity contribution >= 4 is 6.09 Å². The first-order valence-electron chi connectivity index (χ1n) is 7.76. The Morgan fingerprint density at radius 3 is 2.68 bits per heavy atom. The molecule has 2 N–H and O–H groups in total. The van der Waals surface area contributed by atoms with Crippen molar-refractivity contribution in [1.82, 2.24) is 25.0 Å². The van der Waals surface area contributed by atoms with Crippen molar-refractivity contribution in [1.29, 1.82) is 0 Å². The SMILES string of the molecule is CC(C)OC(=O)N1CCC(NCCc2n[nH]c(=O)n2C)CC1. The molecule has 2 rings (SSSR count). The number of hydrogen-bond acceptors (Lipinski definition) is 5. The Hall–Kier alpha value is -1.83. The smallest absolute Gasteiger partial charge is 0.410 e. The van der Waals surface area contributed by atoms with Crippen LogP contribution in [0.15, 0.2) is 4.79 Å². The molecule has 22 heavy (non-hydrogen) atoms. The lowest BCUT2D eigenvalue weighted by Crippen LogP contribution is -2.46. The van der Waals surface area contributed by atoms with Crippen molar-refractivity contribution in [3.05, 3.63) is 16.3 Å². The zero-order valence-corrected chi connectivity index (χ0v) is 13.5. The summed E-state index contributed by atoms with van der Waals surface area (Å²) < 4.78 is 6.72. The van der Waals surface area contributed by atoms with Crippen molar-refractivity contribution in [2.75, 3.05) is 19.6 Å². The van der Waals surface area contributed by atoms with E-state index in [4.69, 9.17) is 4.74 Å². The number of aromatic amines is 1. The van der Waals surface area contributed by atoms with Gasteiger partial charge in [-0.2, -0.15) is 5.10 Å². The maximum atomic E-state index is 11.8. The second kappa shape index (κ2) is 7.44. The highest BCUT2D eigenvalue weighted by Crippen LogP contribution is 2.12. The Balaban J connectivity index is 1.68. The Morgan fingerprint density at radius 2 is 2.14 bits per heavy atom. The molecule has 1 fully saturated rings. The molecule has 1 aliphatic rings. The minimum atomic E-state index is -0.222. The van der Waals surface area contributed by atoms with E-state index in [-0.39, 0.29) is 17.9 Å². The van der Waals surface area contributed by atoms with E-state index >= 15 is 0 Å². The van der Waals surface area contributed by atoms with Crippen LogP contribution >= 0.6 is 0 Å². The molecule has 1 aromatic heterocycles. The van der Waals surface area contributed by atoms with Crippen molar-refractivity contribution in [2.45, 2.75) is 45.3 Å².